The zero-order valence-electron chi connectivity index (χ0n) is 12.9. The molecule has 0 atom stereocenters. The number of H-pyrrole nitrogens is 1. The third-order valence-corrected chi connectivity index (χ3v) is 3.71. The van der Waals surface area contributed by atoms with Crippen LogP contribution in [-0.2, 0) is 5.41 Å². The second kappa shape index (κ2) is 4.92. The van der Waals surface area contributed by atoms with Crippen LogP contribution in [0.5, 0.6) is 5.75 Å². The quantitative estimate of drug-likeness (QED) is 0.748. The van der Waals surface area contributed by atoms with Gasteiger partial charge in [0.15, 0.2) is 0 Å². The Balaban J connectivity index is 2.04. The lowest BCUT2D eigenvalue weighted by Gasteiger charge is -2.18. The fourth-order valence-electron chi connectivity index (χ4n) is 2.36. The number of hydrogen-bond donors (Lipinski definition) is 1. The van der Waals surface area contributed by atoms with Crippen molar-refractivity contribution in [2.75, 3.05) is 7.11 Å². The molecule has 21 heavy (non-hydrogen) atoms. The van der Waals surface area contributed by atoms with Crippen LogP contribution in [0.15, 0.2) is 42.5 Å². The van der Waals surface area contributed by atoms with Gasteiger partial charge in [0.05, 0.1) is 18.1 Å². The minimum atomic E-state index is 0.138. The standard InChI is InChI=1S/C18H20N2O/c1-18(2,3)13-7-10-15-16(11-13)20-17(19-15)12-5-8-14(21-4)9-6-12/h5-11H,1-4H3,(H,19,20). The van der Waals surface area contributed by atoms with Crippen molar-refractivity contribution in [2.24, 2.45) is 0 Å². The van der Waals surface area contributed by atoms with Crippen molar-refractivity contribution in [2.45, 2.75) is 26.2 Å². The maximum Gasteiger partial charge on any atom is 0.138 e. The minimum Gasteiger partial charge on any atom is -0.497 e. The number of hydrogen-bond acceptors (Lipinski definition) is 2. The molecule has 0 saturated heterocycles. The Labute approximate surface area is 125 Å². The Kier molecular flexibility index (Phi) is 3.20. The molecule has 3 aromatic rings. The van der Waals surface area contributed by atoms with Gasteiger partial charge in [-0.1, -0.05) is 26.8 Å². The molecule has 0 bridgehead atoms. The fourth-order valence-corrected chi connectivity index (χ4v) is 2.36. The summed E-state index contributed by atoms with van der Waals surface area (Å²) in [4.78, 5) is 8.08. The van der Waals surface area contributed by atoms with E-state index in [0.29, 0.717) is 0 Å². The number of imidazole rings is 1. The maximum atomic E-state index is 5.19. The zero-order chi connectivity index (χ0) is 15.0. The molecule has 108 valence electrons. The van der Waals surface area contributed by atoms with Crippen LogP contribution in [0.25, 0.3) is 22.4 Å². The second-order valence-electron chi connectivity index (χ2n) is 6.30. The van der Waals surface area contributed by atoms with E-state index >= 15 is 0 Å². The predicted octanol–water partition coefficient (Wildman–Crippen LogP) is 4.54. The highest BCUT2D eigenvalue weighted by Crippen LogP contribution is 2.27. The molecule has 0 saturated carbocycles. The summed E-state index contributed by atoms with van der Waals surface area (Å²) in [6.45, 7) is 6.65. The van der Waals surface area contributed by atoms with Gasteiger partial charge in [-0.3, -0.25) is 0 Å². The predicted molar refractivity (Wildman–Crippen MR) is 86.8 cm³/mol. The number of benzene rings is 2. The topological polar surface area (TPSA) is 37.9 Å². The smallest absolute Gasteiger partial charge is 0.138 e. The summed E-state index contributed by atoms with van der Waals surface area (Å²) < 4.78 is 5.19. The van der Waals surface area contributed by atoms with Crippen LogP contribution in [0, 0.1) is 0 Å². The molecule has 1 aromatic heterocycles. The third kappa shape index (κ3) is 2.64. The van der Waals surface area contributed by atoms with Gasteiger partial charge in [0.1, 0.15) is 11.6 Å². The molecule has 0 aliphatic carbocycles. The summed E-state index contributed by atoms with van der Waals surface area (Å²) in [6, 6.07) is 14.4. The Bertz CT molecular complexity index is 764. The highest BCUT2D eigenvalue weighted by Gasteiger charge is 2.15. The fraction of sp³-hybridized carbons (Fsp3) is 0.278. The number of rotatable bonds is 2. The largest absolute Gasteiger partial charge is 0.497 e. The lowest BCUT2D eigenvalue weighted by molar-refractivity contribution is 0.415. The average molecular weight is 280 g/mol. The summed E-state index contributed by atoms with van der Waals surface area (Å²) in [5.41, 5.74) is 4.57. The van der Waals surface area contributed by atoms with Crippen molar-refractivity contribution in [3.8, 4) is 17.1 Å². The summed E-state index contributed by atoms with van der Waals surface area (Å²) in [7, 11) is 1.67. The lowest BCUT2D eigenvalue weighted by atomic mass is 9.87. The molecule has 2 aromatic carbocycles. The first-order chi connectivity index (χ1) is 9.97. The number of fused-ring (bicyclic) bond motifs is 1. The highest BCUT2D eigenvalue weighted by atomic mass is 16.5. The van der Waals surface area contributed by atoms with Crippen LogP contribution in [0.1, 0.15) is 26.3 Å². The maximum absolute atomic E-state index is 5.19. The van der Waals surface area contributed by atoms with Crippen molar-refractivity contribution in [3.05, 3.63) is 48.0 Å². The molecule has 0 amide bonds. The van der Waals surface area contributed by atoms with Gasteiger partial charge in [-0.25, -0.2) is 4.98 Å². The average Bonchev–Trinajstić information content (AvgIpc) is 2.89. The lowest BCUT2D eigenvalue weighted by Crippen LogP contribution is -2.10. The Morgan fingerprint density at radius 1 is 1.00 bits per heavy atom. The molecular weight excluding hydrogens is 260 g/mol. The zero-order valence-corrected chi connectivity index (χ0v) is 12.9. The van der Waals surface area contributed by atoms with Gasteiger partial charge in [-0.2, -0.15) is 0 Å². The van der Waals surface area contributed by atoms with Crippen molar-refractivity contribution >= 4 is 11.0 Å². The monoisotopic (exact) mass is 280 g/mol. The molecule has 1 N–H and O–H groups in total. The Morgan fingerprint density at radius 2 is 1.71 bits per heavy atom. The first-order valence-corrected chi connectivity index (χ1v) is 7.12. The van der Waals surface area contributed by atoms with Crippen molar-refractivity contribution in [3.63, 3.8) is 0 Å². The van der Waals surface area contributed by atoms with E-state index in [-0.39, 0.29) is 5.41 Å². The number of nitrogens with zero attached hydrogens (tertiary/aromatic N) is 1. The molecule has 0 aliphatic rings. The van der Waals surface area contributed by atoms with Crippen molar-refractivity contribution in [1.29, 1.82) is 0 Å². The van der Waals surface area contributed by atoms with E-state index < -0.39 is 0 Å². The van der Waals surface area contributed by atoms with E-state index in [2.05, 4.69) is 48.9 Å². The molecular formula is C18H20N2O. The van der Waals surface area contributed by atoms with Gasteiger partial charge < -0.3 is 9.72 Å². The molecule has 0 fully saturated rings. The van der Waals surface area contributed by atoms with Crippen LogP contribution in [0.2, 0.25) is 0 Å². The minimum absolute atomic E-state index is 0.138. The second-order valence-corrected chi connectivity index (χ2v) is 6.30. The van der Waals surface area contributed by atoms with Gasteiger partial charge in [-0.05, 0) is 47.4 Å². The molecule has 3 nitrogen and oxygen atoms in total. The van der Waals surface area contributed by atoms with Crippen molar-refractivity contribution in [1.82, 2.24) is 9.97 Å². The molecule has 0 radical (unpaired) electrons. The van der Waals surface area contributed by atoms with Gasteiger partial charge >= 0.3 is 0 Å². The van der Waals surface area contributed by atoms with Crippen LogP contribution < -0.4 is 4.74 Å². The van der Waals surface area contributed by atoms with Gasteiger partial charge in [0.2, 0.25) is 0 Å². The van der Waals surface area contributed by atoms with Crippen LogP contribution in [-0.4, -0.2) is 17.1 Å². The van der Waals surface area contributed by atoms with E-state index in [9.17, 15) is 0 Å². The van der Waals surface area contributed by atoms with Crippen LogP contribution in [0.3, 0.4) is 0 Å². The van der Waals surface area contributed by atoms with E-state index in [1.807, 2.05) is 24.3 Å². The molecule has 0 aliphatic heterocycles. The van der Waals surface area contributed by atoms with Crippen LogP contribution >= 0.6 is 0 Å². The van der Waals surface area contributed by atoms with Gasteiger partial charge in [-0.15, -0.1) is 0 Å². The number of nitrogens with one attached hydrogen (secondary N) is 1. The highest BCUT2D eigenvalue weighted by molar-refractivity contribution is 5.80. The third-order valence-electron chi connectivity index (χ3n) is 3.71. The molecule has 0 spiro atoms. The number of aromatic nitrogens is 2. The Morgan fingerprint density at radius 3 is 2.33 bits per heavy atom. The van der Waals surface area contributed by atoms with Gasteiger partial charge in [0.25, 0.3) is 0 Å². The van der Waals surface area contributed by atoms with E-state index in [1.165, 1.54) is 5.56 Å². The summed E-state index contributed by atoms with van der Waals surface area (Å²) in [6.07, 6.45) is 0. The summed E-state index contributed by atoms with van der Waals surface area (Å²) >= 11 is 0. The first-order valence-electron chi connectivity index (χ1n) is 7.12. The Hall–Kier alpha value is -2.29. The first kappa shape index (κ1) is 13.7. The SMILES string of the molecule is COc1ccc(-c2nc3ccc(C(C)(C)C)cc3[nH]2)cc1. The molecule has 1 heterocycles. The van der Waals surface area contributed by atoms with E-state index in [4.69, 9.17) is 4.74 Å². The van der Waals surface area contributed by atoms with Crippen molar-refractivity contribution < 1.29 is 4.74 Å². The number of methoxy groups -OCH3 is 1. The van der Waals surface area contributed by atoms with Gasteiger partial charge in [0, 0.05) is 5.56 Å². The van der Waals surface area contributed by atoms with E-state index in [1.54, 1.807) is 7.11 Å². The molecule has 0 unspecified atom stereocenters. The number of ether oxygens (including phenoxy) is 1. The summed E-state index contributed by atoms with van der Waals surface area (Å²) in [5.74, 6) is 1.74. The summed E-state index contributed by atoms with van der Waals surface area (Å²) in [5, 5.41) is 0. The normalized spacial score (nSPS) is 11.8. The number of aromatic amines is 1. The van der Waals surface area contributed by atoms with E-state index in [0.717, 1.165) is 28.2 Å². The van der Waals surface area contributed by atoms with Crippen LogP contribution in [0.4, 0.5) is 0 Å². The molecule has 3 heteroatoms. The molecule has 3 rings (SSSR count).